The van der Waals surface area contributed by atoms with Gasteiger partial charge in [0.1, 0.15) is 11.6 Å². The van der Waals surface area contributed by atoms with Crippen molar-refractivity contribution in [1.82, 2.24) is 0 Å². The van der Waals surface area contributed by atoms with E-state index in [-0.39, 0.29) is 11.9 Å². The monoisotopic (exact) mass is 299 g/mol. The number of anilines is 1. The highest BCUT2D eigenvalue weighted by Gasteiger charge is 2.25. The summed E-state index contributed by atoms with van der Waals surface area (Å²) in [5.74, 6) is 0.0405. The fourth-order valence-corrected chi connectivity index (χ4v) is 2.77. The highest BCUT2D eigenvalue weighted by molar-refractivity contribution is 9.10. The SMILES string of the molecule is Cc1cc(Br)c(F)cc1N1CCC(=O)CC1C. The minimum absolute atomic E-state index is 0.149. The van der Waals surface area contributed by atoms with Crippen molar-refractivity contribution < 1.29 is 9.18 Å². The number of hydrogen-bond acceptors (Lipinski definition) is 2. The molecule has 17 heavy (non-hydrogen) atoms. The van der Waals surface area contributed by atoms with Crippen molar-refractivity contribution in [3.8, 4) is 0 Å². The number of ketones is 1. The van der Waals surface area contributed by atoms with Gasteiger partial charge in [0.25, 0.3) is 0 Å². The maximum atomic E-state index is 13.6. The molecule has 2 nitrogen and oxygen atoms in total. The molecule has 0 aromatic heterocycles. The van der Waals surface area contributed by atoms with Crippen LogP contribution in [0, 0.1) is 12.7 Å². The summed E-state index contributed by atoms with van der Waals surface area (Å²) in [5.41, 5.74) is 1.92. The van der Waals surface area contributed by atoms with Gasteiger partial charge in [-0.1, -0.05) is 0 Å². The van der Waals surface area contributed by atoms with Crippen LogP contribution in [0.2, 0.25) is 0 Å². The molecule has 1 unspecified atom stereocenters. The lowest BCUT2D eigenvalue weighted by Crippen LogP contribution is -2.41. The number of piperidine rings is 1. The molecule has 1 atom stereocenters. The summed E-state index contributed by atoms with van der Waals surface area (Å²) in [6.07, 6.45) is 1.11. The molecule has 4 heteroatoms. The lowest BCUT2D eigenvalue weighted by molar-refractivity contribution is -0.120. The van der Waals surface area contributed by atoms with Gasteiger partial charge >= 0.3 is 0 Å². The van der Waals surface area contributed by atoms with Crippen LogP contribution in [-0.4, -0.2) is 18.4 Å². The minimum Gasteiger partial charge on any atom is -0.368 e. The third-order valence-electron chi connectivity index (χ3n) is 3.23. The highest BCUT2D eigenvalue weighted by Crippen LogP contribution is 2.30. The van der Waals surface area contributed by atoms with Gasteiger partial charge < -0.3 is 4.90 Å². The van der Waals surface area contributed by atoms with Crippen molar-refractivity contribution in [3.05, 3.63) is 28.0 Å². The lowest BCUT2D eigenvalue weighted by atomic mass is 10.0. The molecule has 2 rings (SSSR count). The first-order chi connectivity index (χ1) is 7.99. The molecular formula is C13H15BrFNO. The lowest BCUT2D eigenvalue weighted by Gasteiger charge is -2.35. The van der Waals surface area contributed by atoms with Crippen molar-refractivity contribution in [2.45, 2.75) is 32.7 Å². The number of halogens is 2. The largest absolute Gasteiger partial charge is 0.368 e. The molecule has 0 spiro atoms. The summed E-state index contributed by atoms with van der Waals surface area (Å²) < 4.78 is 14.1. The van der Waals surface area contributed by atoms with Crippen LogP contribution in [0.15, 0.2) is 16.6 Å². The van der Waals surface area contributed by atoms with Crippen molar-refractivity contribution in [3.63, 3.8) is 0 Å². The number of rotatable bonds is 1. The Morgan fingerprint density at radius 3 is 2.82 bits per heavy atom. The van der Waals surface area contributed by atoms with Gasteiger partial charge in [-0.3, -0.25) is 4.79 Å². The van der Waals surface area contributed by atoms with E-state index in [0.29, 0.717) is 29.6 Å². The molecule has 1 aliphatic rings. The summed E-state index contributed by atoms with van der Waals surface area (Å²) >= 11 is 3.18. The zero-order chi connectivity index (χ0) is 12.6. The molecule has 1 aromatic carbocycles. The Hall–Kier alpha value is -0.900. The van der Waals surface area contributed by atoms with Crippen molar-refractivity contribution in [2.24, 2.45) is 0 Å². The molecule has 0 N–H and O–H groups in total. The van der Waals surface area contributed by atoms with E-state index in [2.05, 4.69) is 20.8 Å². The van der Waals surface area contributed by atoms with E-state index in [9.17, 15) is 9.18 Å². The number of Topliss-reactive ketones (excluding diaryl/α,β-unsaturated/α-hetero) is 1. The molecule has 0 amide bonds. The second kappa shape index (κ2) is 4.77. The maximum absolute atomic E-state index is 13.6. The zero-order valence-electron chi connectivity index (χ0n) is 9.96. The van der Waals surface area contributed by atoms with E-state index in [1.165, 1.54) is 0 Å². The zero-order valence-corrected chi connectivity index (χ0v) is 11.6. The van der Waals surface area contributed by atoms with Crippen LogP contribution in [0.25, 0.3) is 0 Å². The van der Waals surface area contributed by atoms with Crippen molar-refractivity contribution in [1.29, 1.82) is 0 Å². The van der Waals surface area contributed by atoms with Crippen LogP contribution in [0.5, 0.6) is 0 Å². The predicted octanol–water partition coefficient (Wildman–Crippen LogP) is 3.45. The molecule has 0 radical (unpaired) electrons. The van der Waals surface area contributed by atoms with E-state index in [0.717, 1.165) is 11.3 Å². The summed E-state index contributed by atoms with van der Waals surface area (Å²) in [6.45, 7) is 4.65. The van der Waals surface area contributed by atoms with Crippen LogP contribution in [0.1, 0.15) is 25.3 Å². The Morgan fingerprint density at radius 1 is 1.47 bits per heavy atom. The van der Waals surface area contributed by atoms with Gasteiger partial charge in [0.2, 0.25) is 0 Å². The Morgan fingerprint density at radius 2 is 2.18 bits per heavy atom. The first kappa shape index (κ1) is 12.6. The van der Waals surface area contributed by atoms with Gasteiger partial charge in [0.05, 0.1) is 4.47 Å². The second-order valence-corrected chi connectivity index (χ2v) is 5.44. The number of aryl methyl sites for hydroxylation is 1. The Bertz CT molecular complexity index is 461. The predicted molar refractivity (Wildman–Crippen MR) is 69.9 cm³/mol. The van der Waals surface area contributed by atoms with Crippen LogP contribution in [-0.2, 0) is 4.79 Å². The topological polar surface area (TPSA) is 20.3 Å². The van der Waals surface area contributed by atoms with E-state index in [1.54, 1.807) is 12.1 Å². The first-order valence-corrected chi connectivity index (χ1v) is 6.52. The molecule has 1 heterocycles. The molecule has 1 aromatic rings. The first-order valence-electron chi connectivity index (χ1n) is 5.73. The summed E-state index contributed by atoms with van der Waals surface area (Å²) in [5, 5.41) is 0. The van der Waals surface area contributed by atoms with E-state index >= 15 is 0 Å². The van der Waals surface area contributed by atoms with E-state index in [1.807, 2.05) is 13.8 Å². The van der Waals surface area contributed by atoms with Gasteiger partial charge in [0.15, 0.2) is 0 Å². The highest BCUT2D eigenvalue weighted by atomic mass is 79.9. The number of carbonyl (C=O) groups is 1. The molecule has 1 saturated heterocycles. The minimum atomic E-state index is -0.255. The molecule has 92 valence electrons. The Balaban J connectivity index is 2.34. The summed E-state index contributed by atoms with van der Waals surface area (Å²) in [6, 6.07) is 3.48. The number of nitrogens with zero attached hydrogens (tertiary/aromatic N) is 1. The average molecular weight is 300 g/mol. The molecular weight excluding hydrogens is 285 g/mol. The van der Waals surface area contributed by atoms with Gasteiger partial charge in [-0.2, -0.15) is 0 Å². The molecule has 0 bridgehead atoms. The van der Waals surface area contributed by atoms with Gasteiger partial charge in [0, 0.05) is 31.1 Å². The third kappa shape index (κ3) is 2.51. The maximum Gasteiger partial charge on any atom is 0.139 e. The van der Waals surface area contributed by atoms with Crippen LogP contribution >= 0.6 is 15.9 Å². The Kier molecular flexibility index (Phi) is 3.52. The van der Waals surface area contributed by atoms with E-state index in [4.69, 9.17) is 0 Å². The molecule has 0 saturated carbocycles. The third-order valence-corrected chi connectivity index (χ3v) is 3.84. The number of hydrogen-bond donors (Lipinski definition) is 0. The van der Waals surface area contributed by atoms with Crippen molar-refractivity contribution in [2.75, 3.05) is 11.4 Å². The molecule has 0 aliphatic carbocycles. The smallest absolute Gasteiger partial charge is 0.139 e. The fourth-order valence-electron chi connectivity index (χ4n) is 2.31. The fraction of sp³-hybridized carbons (Fsp3) is 0.462. The standard InChI is InChI=1S/C13H15BrFNO/c1-8-5-11(14)12(15)7-13(8)16-4-3-10(17)6-9(16)2/h5,7,9H,3-4,6H2,1-2H3. The van der Waals surface area contributed by atoms with Crippen LogP contribution < -0.4 is 4.90 Å². The molecule has 1 fully saturated rings. The number of carbonyl (C=O) groups excluding carboxylic acids is 1. The second-order valence-electron chi connectivity index (χ2n) is 4.59. The number of benzene rings is 1. The van der Waals surface area contributed by atoms with Gasteiger partial charge in [-0.25, -0.2) is 4.39 Å². The summed E-state index contributed by atoms with van der Waals surface area (Å²) in [4.78, 5) is 13.5. The average Bonchev–Trinajstić information content (AvgIpc) is 2.24. The van der Waals surface area contributed by atoms with E-state index < -0.39 is 0 Å². The Labute approximate surface area is 109 Å². The van der Waals surface area contributed by atoms with Crippen LogP contribution in [0.4, 0.5) is 10.1 Å². The van der Waals surface area contributed by atoms with Gasteiger partial charge in [-0.05, 0) is 47.5 Å². The van der Waals surface area contributed by atoms with Crippen LogP contribution in [0.3, 0.4) is 0 Å². The van der Waals surface area contributed by atoms with Gasteiger partial charge in [-0.15, -0.1) is 0 Å². The normalized spacial score (nSPS) is 20.8. The molecule has 1 aliphatic heterocycles. The summed E-state index contributed by atoms with van der Waals surface area (Å²) in [7, 11) is 0. The quantitative estimate of drug-likeness (QED) is 0.791. The van der Waals surface area contributed by atoms with Crippen molar-refractivity contribution >= 4 is 27.4 Å².